The van der Waals surface area contributed by atoms with Crippen LogP contribution >= 0.6 is 0 Å². The Labute approximate surface area is 132 Å². The monoisotopic (exact) mass is 295 g/mol. The lowest BCUT2D eigenvalue weighted by atomic mass is 10.0. The highest BCUT2D eigenvalue weighted by Gasteiger charge is 2.18. The predicted octanol–water partition coefficient (Wildman–Crippen LogP) is 3.25. The second-order valence-corrected chi connectivity index (χ2v) is 5.74. The van der Waals surface area contributed by atoms with Crippen LogP contribution in [-0.2, 0) is 6.54 Å². The maximum atomic E-state index is 5.19. The van der Waals surface area contributed by atoms with Crippen molar-refractivity contribution >= 4 is 5.69 Å². The van der Waals surface area contributed by atoms with Crippen LogP contribution in [0.1, 0.15) is 18.4 Å². The van der Waals surface area contributed by atoms with E-state index in [1.807, 2.05) is 24.3 Å². The van der Waals surface area contributed by atoms with Crippen molar-refractivity contribution in [3.63, 3.8) is 0 Å². The van der Waals surface area contributed by atoms with Crippen molar-refractivity contribution in [1.82, 2.24) is 5.32 Å². The zero-order valence-electron chi connectivity index (χ0n) is 13.1. The number of nitrogens with zero attached hydrogens (tertiary/aromatic N) is 1. The molecule has 3 heteroatoms. The normalized spacial score (nSPS) is 15.8. The summed E-state index contributed by atoms with van der Waals surface area (Å²) in [4.78, 5) is 2.42. The second kappa shape index (κ2) is 7.32. The number of rotatable bonds is 5. The van der Waals surface area contributed by atoms with Gasteiger partial charge < -0.3 is 15.0 Å². The third-order valence-corrected chi connectivity index (χ3v) is 4.28. The first kappa shape index (κ1) is 14.9. The maximum absolute atomic E-state index is 5.19. The number of nitrogens with one attached hydrogen (secondary N) is 1. The minimum absolute atomic E-state index is 0.599. The predicted molar refractivity (Wildman–Crippen MR) is 90.3 cm³/mol. The Morgan fingerprint density at radius 2 is 1.91 bits per heavy atom. The van der Waals surface area contributed by atoms with Crippen molar-refractivity contribution in [3.8, 4) is 5.75 Å². The Bertz CT molecular complexity index is 560. The SMILES string of the molecule is COc1ccc(CNC2CCN(c3[c]cccc3)CC2)cc1. The van der Waals surface area contributed by atoms with Crippen LogP contribution in [0.5, 0.6) is 5.75 Å². The van der Waals surface area contributed by atoms with Gasteiger partial charge in [-0.3, -0.25) is 0 Å². The first-order chi connectivity index (χ1) is 10.8. The Hall–Kier alpha value is -2.00. The third kappa shape index (κ3) is 3.80. The first-order valence-corrected chi connectivity index (χ1v) is 7.93. The molecular weight excluding hydrogens is 272 g/mol. The average molecular weight is 295 g/mol. The summed E-state index contributed by atoms with van der Waals surface area (Å²) in [5.74, 6) is 0.913. The van der Waals surface area contributed by atoms with E-state index in [2.05, 4.69) is 40.5 Å². The molecule has 0 spiro atoms. The number of para-hydroxylation sites is 1. The van der Waals surface area contributed by atoms with Gasteiger partial charge in [-0.05, 0) is 36.6 Å². The van der Waals surface area contributed by atoms with E-state index in [4.69, 9.17) is 4.74 Å². The van der Waals surface area contributed by atoms with Crippen molar-refractivity contribution in [2.45, 2.75) is 25.4 Å². The number of piperidine rings is 1. The highest BCUT2D eigenvalue weighted by molar-refractivity contribution is 5.45. The molecule has 115 valence electrons. The fourth-order valence-electron chi connectivity index (χ4n) is 2.91. The molecule has 1 radical (unpaired) electrons. The largest absolute Gasteiger partial charge is 0.497 e. The van der Waals surface area contributed by atoms with Crippen LogP contribution < -0.4 is 15.0 Å². The topological polar surface area (TPSA) is 24.5 Å². The van der Waals surface area contributed by atoms with Crippen molar-refractivity contribution < 1.29 is 4.74 Å². The number of benzene rings is 2. The highest BCUT2D eigenvalue weighted by atomic mass is 16.5. The summed E-state index contributed by atoms with van der Waals surface area (Å²) in [5, 5.41) is 3.67. The van der Waals surface area contributed by atoms with Gasteiger partial charge in [-0.15, -0.1) is 0 Å². The molecule has 2 aromatic rings. The van der Waals surface area contributed by atoms with Crippen LogP contribution in [0.15, 0.2) is 48.5 Å². The smallest absolute Gasteiger partial charge is 0.118 e. The van der Waals surface area contributed by atoms with E-state index >= 15 is 0 Å². The van der Waals surface area contributed by atoms with Gasteiger partial charge in [0.05, 0.1) is 7.11 Å². The molecule has 0 aliphatic carbocycles. The minimum Gasteiger partial charge on any atom is -0.497 e. The standard InChI is InChI=1S/C19H23N2O/c1-22-19-9-7-16(8-10-19)15-20-17-11-13-21(14-12-17)18-5-3-2-4-6-18/h2-5,7-10,17,20H,11-15H2,1H3. The lowest BCUT2D eigenvalue weighted by Crippen LogP contribution is -2.42. The van der Waals surface area contributed by atoms with Crippen molar-refractivity contribution in [1.29, 1.82) is 0 Å². The molecule has 1 N–H and O–H groups in total. The summed E-state index contributed by atoms with van der Waals surface area (Å²) in [6, 6.07) is 20.4. The molecule has 1 saturated heterocycles. The fourth-order valence-corrected chi connectivity index (χ4v) is 2.91. The molecule has 0 unspecified atom stereocenters. The second-order valence-electron chi connectivity index (χ2n) is 5.74. The highest BCUT2D eigenvalue weighted by Crippen LogP contribution is 2.19. The van der Waals surface area contributed by atoms with Gasteiger partial charge in [0.15, 0.2) is 0 Å². The zero-order chi connectivity index (χ0) is 15.2. The van der Waals surface area contributed by atoms with Crippen molar-refractivity contribution in [3.05, 3.63) is 60.2 Å². The van der Waals surface area contributed by atoms with E-state index < -0.39 is 0 Å². The van der Waals surface area contributed by atoms with Gasteiger partial charge in [0.2, 0.25) is 0 Å². The molecule has 22 heavy (non-hydrogen) atoms. The molecule has 1 fully saturated rings. The molecular formula is C19H23N2O. The van der Waals surface area contributed by atoms with E-state index in [0.29, 0.717) is 6.04 Å². The lowest BCUT2D eigenvalue weighted by molar-refractivity contribution is 0.410. The van der Waals surface area contributed by atoms with Crippen LogP contribution in [0, 0.1) is 6.07 Å². The lowest BCUT2D eigenvalue weighted by Gasteiger charge is -2.34. The van der Waals surface area contributed by atoms with Gasteiger partial charge >= 0.3 is 0 Å². The number of hydrogen-bond acceptors (Lipinski definition) is 3. The summed E-state index contributed by atoms with van der Waals surface area (Å²) >= 11 is 0. The Kier molecular flexibility index (Phi) is 4.96. The quantitative estimate of drug-likeness (QED) is 0.916. The molecule has 0 aromatic heterocycles. The average Bonchev–Trinajstić information content (AvgIpc) is 2.61. The van der Waals surface area contributed by atoms with Gasteiger partial charge in [-0.1, -0.05) is 30.3 Å². The van der Waals surface area contributed by atoms with Crippen LogP contribution in [0.3, 0.4) is 0 Å². The van der Waals surface area contributed by atoms with Crippen LogP contribution in [0.4, 0.5) is 5.69 Å². The molecule has 2 aromatic carbocycles. The van der Waals surface area contributed by atoms with Crippen molar-refractivity contribution in [2.75, 3.05) is 25.1 Å². The molecule has 1 aliphatic heterocycles. The molecule has 3 nitrogen and oxygen atoms in total. The molecule has 1 aliphatic rings. The van der Waals surface area contributed by atoms with Gasteiger partial charge in [-0.25, -0.2) is 0 Å². The van der Waals surface area contributed by atoms with Crippen LogP contribution in [0.25, 0.3) is 0 Å². The van der Waals surface area contributed by atoms with Crippen LogP contribution in [-0.4, -0.2) is 26.2 Å². The van der Waals surface area contributed by atoms with Gasteiger partial charge in [0.1, 0.15) is 5.75 Å². The molecule has 3 rings (SSSR count). The summed E-state index contributed by atoms with van der Waals surface area (Å²) in [6.07, 6.45) is 2.36. The summed E-state index contributed by atoms with van der Waals surface area (Å²) in [5.41, 5.74) is 2.52. The molecule has 1 heterocycles. The summed E-state index contributed by atoms with van der Waals surface area (Å²) in [6.45, 7) is 3.12. The number of ether oxygens (including phenoxy) is 1. The molecule has 0 bridgehead atoms. The van der Waals surface area contributed by atoms with E-state index in [0.717, 1.165) is 25.4 Å². The minimum atomic E-state index is 0.599. The van der Waals surface area contributed by atoms with Crippen LogP contribution in [0.2, 0.25) is 0 Å². The van der Waals surface area contributed by atoms with E-state index in [1.54, 1.807) is 7.11 Å². The number of methoxy groups -OCH3 is 1. The fraction of sp³-hybridized carbons (Fsp3) is 0.368. The van der Waals surface area contributed by atoms with Gasteiger partial charge in [-0.2, -0.15) is 0 Å². The maximum Gasteiger partial charge on any atom is 0.118 e. The Morgan fingerprint density at radius 3 is 2.55 bits per heavy atom. The zero-order valence-corrected chi connectivity index (χ0v) is 13.1. The number of hydrogen-bond donors (Lipinski definition) is 1. The number of anilines is 1. The summed E-state index contributed by atoms with van der Waals surface area (Å²) in [7, 11) is 1.70. The molecule has 0 amide bonds. The Morgan fingerprint density at radius 1 is 1.14 bits per heavy atom. The molecule has 0 atom stereocenters. The summed E-state index contributed by atoms with van der Waals surface area (Å²) < 4.78 is 5.19. The third-order valence-electron chi connectivity index (χ3n) is 4.28. The van der Waals surface area contributed by atoms with E-state index in [-0.39, 0.29) is 0 Å². The van der Waals surface area contributed by atoms with Gasteiger partial charge in [0, 0.05) is 37.4 Å². The van der Waals surface area contributed by atoms with E-state index in [1.165, 1.54) is 24.1 Å². The Balaban J connectivity index is 1.45. The van der Waals surface area contributed by atoms with Crippen molar-refractivity contribution in [2.24, 2.45) is 0 Å². The van der Waals surface area contributed by atoms with E-state index in [9.17, 15) is 0 Å². The van der Waals surface area contributed by atoms with Gasteiger partial charge in [0.25, 0.3) is 0 Å². The molecule has 0 saturated carbocycles. The first-order valence-electron chi connectivity index (χ1n) is 7.93.